The van der Waals surface area contributed by atoms with Crippen LogP contribution >= 0.6 is 58.6 Å². The van der Waals surface area contributed by atoms with Gasteiger partial charge in [0.15, 0.2) is 5.11 Å². The van der Waals surface area contributed by atoms with Crippen molar-refractivity contribution in [2.75, 3.05) is 5.32 Å². The van der Waals surface area contributed by atoms with Crippen LogP contribution in [0.25, 0.3) is 0 Å². The van der Waals surface area contributed by atoms with Crippen molar-refractivity contribution in [1.29, 1.82) is 0 Å². The number of thiocarbonyl (C=S) groups is 1. The Balaban J connectivity index is 2.54. The monoisotopic (exact) mass is 457 g/mol. The summed E-state index contributed by atoms with van der Waals surface area (Å²) in [5.41, 5.74) is 0.608. The Hall–Kier alpha value is -0.460. The molecule has 0 aliphatic rings. The van der Waals surface area contributed by atoms with Crippen LogP contribution in [0.3, 0.4) is 0 Å². The van der Waals surface area contributed by atoms with E-state index in [1.54, 1.807) is 18.2 Å². The van der Waals surface area contributed by atoms with Crippen LogP contribution in [0.4, 0.5) is 5.69 Å². The Kier molecular flexibility index (Phi) is 11.0. The molecule has 1 atom stereocenters. The zero-order valence-electron chi connectivity index (χ0n) is 14.5. The molecule has 0 aliphatic carbocycles. The van der Waals surface area contributed by atoms with E-state index >= 15 is 0 Å². The molecule has 1 rings (SSSR count). The number of hydrogen-bond donors (Lipinski definition) is 3. The first-order chi connectivity index (χ1) is 12.2. The minimum atomic E-state index is -1.77. The lowest BCUT2D eigenvalue weighted by atomic mass is 10.1. The van der Waals surface area contributed by atoms with Crippen LogP contribution < -0.4 is 16.0 Å². The van der Waals surface area contributed by atoms with Crippen molar-refractivity contribution in [1.82, 2.24) is 10.6 Å². The molecule has 9 heteroatoms. The molecule has 0 saturated heterocycles. The Morgan fingerprint density at radius 1 is 1.12 bits per heavy atom. The third kappa shape index (κ3) is 9.47. The van der Waals surface area contributed by atoms with Crippen molar-refractivity contribution < 1.29 is 4.79 Å². The van der Waals surface area contributed by atoms with Gasteiger partial charge < -0.3 is 16.0 Å². The van der Waals surface area contributed by atoms with Gasteiger partial charge in [-0.05, 0) is 30.8 Å². The van der Waals surface area contributed by atoms with Crippen LogP contribution in [0.2, 0.25) is 5.02 Å². The molecule has 0 fully saturated rings. The number of alkyl halides is 3. The fourth-order valence-electron chi connectivity index (χ4n) is 2.17. The van der Waals surface area contributed by atoms with Gasteiger partial charge in [-0.1, -0.05) is 91.1 Å². The highest BCUT2D eigenvalue weighted by atomic mass is 35.6. The van der Waals surface area contributed by atoms with Gasteiger partial charge in [0.1, 0.15) is 6.17 Å². The number of carbonyl (C=O) groups excluding carboxylic acids is 1. The van der Waals surface area contributed by atoms with E-state index in [4.69, 9.17) is 58.6 Å². The molecule has 0 unspecified atom stereocenters. The maximum atomic E-state index is 12.1. The summed E-state index contributed by atoms with van der Waals surface area (Å²) >= 11 is 29.2. The van der Waals surface area contributed by atoms with Gasteiger partial charge in [0.2, 0.25) is 9.70 Å². The Morgan fingerprint density at radius 2 is 1.77 bits per heavy atom. The summed E-state index contributed by atoms with van der Waals surface area (Å²) in [6.07, 6.45) is 4.62. The van der Waals surface area contributed by atoms with Crippen LogP contribution in [-0.2, 0) is 4.79 Å². The number of amides is 1. The number of unbranched alkanes of at least 4 members (excludes halogenated alkanes) is 4. The van der Waals surface area contributed by atoms with Crippen molar-refractivity contribution in [2.24, 2.45) is 0 Å². The van der Waals surface area contributed by atoms with Gasteiger partial charge in [-0.3, -0.25) is 4.79 Å². The third-order valence-electron chi connectivity index (χ3n) is 3.54. The van der Waals surface area contributed by atoms with Gasteiger partial charge in [-0.15, -0.1) is 0 Å². The van der Waals surface area contributed by atoms with E-state index < -0.39 is 9.96 Å². The number of carbonyl (C=O) groups is 1. The average Bonchev–Trinajstić information content (AvgIpc) is 2.55. The van der Waals surface area contributed by atoms with Crippen LogP contribution in [0, 0.1) is 0 Å². The average molecular weight is 459 g/mol. The molecule has 0 saturated carbocycles. The first kappa shape index (κ1) is 23.6. The maximum Gasteiger partial charge on any atom is 0.228 e. The smallest absolute Gasteiger partial charge is 0.228 e. The molecule has 0 aromatic heterocycles. The lowest BCUT2D eigenvalue weighted by Gasteiger charge is -2.28. The highest BCUT2D eigenvalue weighted by Gasteiger charge is 2.34. The SMILES string of the molecule is CCCCCCCC(=O)N[C@H](NC(=S)Nc1ccccc1Cl)C(Cl)(Cl)Cl. The molecule has 0 radical (unpaired) electrons. The van der Waals surface area contributed by atoms with Crippen molar-refractivity contribution in [3.63, 3.8) is 0 Å². The second-order valence-electron chi connectivity index (χ2n) is 5.78. The predicted molar refractivity (Wildman–Crippen MR) is 116 cm³/mol. The zero-order valence-corrected chi connectivity index (χ0v) is 18.3. The third-order valence-corrected chi connectivity index (χ3v) is 4.74. The van der Waals surface area contributed by atoms with Crippen molar-refractivity contribution in [3.8, 4) is 0 Å². The number of nitrogens with one attached hydrogen (secondary N) is 3. The second kappa shape index (κ2) is 12.1. The zero-order chi connectivity index (χ0) is 19.6. The highest BCUT2D eigenvalue weighted by molar-refractivity contribution is 7.80. The number of benzene rings is 1. The Labute approximate surface area is 180 Å². The van der Waals surface area contributed by atoms with Crippen LogP contribution in [0.5, 0.6) is 0 Å². The van der Waals surface area contributed by atoms with Crippen LogP contribution in [-0.4, -0.2) is 21.0 Å². The van der Waals surface area contributed by atoms with Crippen LogP contribution in [0.1, 0.15) is 45.4 Å². The van der Waals surface area contributed by atoms with E-state index in [1.807, 2.05) is 6.07 Å². The summed E-state index contributed by atoms with van der Waals surface area (Å²) < 4.78 is -1.77. The minimum Gasteiger partial charge on any atom is -0.339 e. The summed E-state index contributed by atoms with van der Waals surface area (Å²) in [5, 5.41) is 9.07. The summed E-state index contributed by atoms with van der Waals surface area (Å²) in [5.74, 6) is -0.203. The highest BCUT2D eigenvalue weighted by Crippen LogP contribution is 2.29. The van der Waals surface area contributed by atoms with Crippen LogP contribution in [0.15, 0.2) is 24.3 Å². The van der Waals surface area contributed by atoms with E-state index in [0.717, 1.165) is 25.7 Å². The lowest BCUT2D eigenvalue weighted by molar-refractivity contribution is -0.122. The van der Waals surface area contributed by atoms with Gasteiger partial charge in [0, 0.05) is 6.42 Å². The molecule has 26 heavy (non-hydrogen) atoms. The van der Waals surface area contributed by atoms with E-state index in [-0.39, 0.29) is 11.0 Å². The van der Waals surface area contributed by atoms with E-state index in [0.29, 0.717) is 17.1 Å². The van der Waals surface area contributed by atoms with Crippen molar-refractivity contribution >= 4 is 75.3 Å². The summed E-state index contributed by atoms with van der Waals surface area (Å²) in [6.45, 7) is 2.14. The number of para-hydroxylation sites is 1. The standard InChI is InChI=1S/C17H23Cl4N3OS/c1-2-3-4-5-6-11-14(25)23-15(17(19,20)21)24-16(26)22-13-10-8-7-9-12(13)18/h7-10,15H,2-6,11H2,1H3,(H,23,25)(H2,22,24,26)/t15-/m1/s1. The van der Waals surface area contributed by atoms with E-state index in [9.17, 15) is 4.79 Å². The van der Waals surface area contributed by atoms with Gasteiger partial charge in [0.05, 0.1) is 10.7 Å². The fourth-order valence-corrected chi connectivity index (χ4v) is 2.91. The van der Waals surface area contributed by atoms with E-state index in [2.05, 4.69) is 22.9 Å². The number of rotatable bonds is 9. The summed E-state index contributed by atoms with van der Waals surface area (Å²) in [6, 6.07) is 7.09. The molecule has 3 N–H and O–H groups in total. The molecular formula is C17H23Cl4N3OS. The molecule has 146 valence electrons. The van der Waals surface area contributed by atoms with Gasteiger partial charge in [-0.25, -0.2) is 0 Å². The van der Waals surface area contributed by atoms with E-state index in [1.165, 1.54) is 6.42 Å². The summed E-state index contributed by atoms with van der Waals surface area (Å²) in [4.78, 5) is 12.1. The number of anilines is 1. The Bertz CT molecular complexity index is 596. The molecule has 4 nitrogen and oxygen atoms in total. The molecule has 1 aromatic carbocycles. The first-order valence-corrected chi connectivity index (χ1v) is 10.3. The molecular weight excluding hydrogens is 436 g/mol. The van der Waals surface area contributed by atoms with Crippen molar-refractivity contribution in [2.45, 2.75) is 55.4 Å². The normalized spacial score (nSPS) is 12.3. The molecule has 0 spiro atoms. The molecule has 0 bridgehead atoms. The molecule has 1 aromatic rings. The van der Waals surface area contributed by atoms with Gasteiger partial charge >= 0.3 is 0 Å². The molecule has 0 heterocycles. The fraction of sp³-hybridized carbons (Fsp3) is 0.529. The number of halogens is 4. The second-order valence-corrected chi connectivity index (χ2v) is 8.97. The lowest BCUT2D eigenvalue weighted by Crippen LogP contribution is -2.56. The maximum absolute atomic E-state index is 12.1. The quantitative estimate of drug-likeness (QED) is 0.189. The summed E-state index contributed by atoms with van der Waals surface area (Å²) in [7, 11) is 0. The predicted octanol–water partition coefficient (Wildman–Crippen LogP) is 5.80. The molecule has 1 amide bonds. The molecule has 0 aliphatic heterocycles. The largest absolute Gasteiger partial charge is 0.339 e. The topological polar surface area (TPSA) is 53.2 Å². The number of hydrogen-bond acceptors (Lipinski definition) is 2. The first-order valence-electron chi connectivity index (χ1n) is 8.42. The van der Waals surface area contributed by atoms with Gasteiger partial charge in [0.25, 0.3) is 0 Å². The van der Waals surface area contributed by atoms with Gasteiger partial charge in [-0.2, -0.15) is 0 Å². The minimum absolute atomic E-state index is 0.178. The van der Waals surface area contributed by atoms with Crippen molar-refractivity contribution in [3.05, 3.63) is 29.3 Å². The Morgan fingerprint density at radius 3 is 2.38 bits per heavy atom.